The van der Waals surface area contributed by atoms with Crippen molar-refractivity contribution in [2.45, 2.75) is 12.8 Å². The molecule has 0 fully saturated rings. The Morgan fingerprint density at radius 2 is 1.31 bits per heavy atom. The Hall–Kier alpha value is -4.10. The van der Waals surface area contributed by atoms with Crippen molar-refractivity contribution in [1.82, 2.24) is 20.5 Å². The van der Waals surface area contributed by atoms with Gasteiger partial charge in [0, 0.05) is 43.2 Å². The summed E-state index contributed by atoms with van der Waals surface area (Å²) >= 11 is 0. The fraction of sp³-hybridized carbons (Fsp3) is 0.364. The summed E-state index contributed by atoms with van der Waals surface area (Å²) in [5.41, 5.74) is 0.612. The van der Waals surface area contributed by atoms with Crippen molar-refractivity contribution in [3.8, 4) is 0 Å². The number of rotatable bonds is 13. The first kappa shape index (κ1) is 33.1. The first-order valence-corrected chi connectivity index (χ1v) is 10.3. The molecular weight excluding hydrogens is 464 g/mol. The number of carboxylic acid groups (broad SMARTS) is 4. The Bertz CT molecular complexity index is 775. The van der Waals surface area contributed by atoms with Gasteiger partial charge in [0.2, 0.25) is 0 Å². The Labute approximate surface area is 202 Å². The highest BCUT2D eigenvalue weighted by Crippen LogP contribution is 1.94. The lowest BCUT2D eigenvalue weighted by Crippen LogP contribution is -2.28. The van der Waals surface area contributed by atoms with Gasteiger partial charge in [-0.3, -0.25) is 9.78 Å². The zero-order chi connectivity index (χ0) is 27.1. The molecule has 1 aromatic rings. The Balaban J connectivity index is 0. The molecule has 0 unspecified atom stereocenters. The molecule has 0 aliphatic rings. The maximum atomic E-state index is 11.7. The largest absolute Gasteiger partial charge is 0.478 e. The number of hydrogen-bond donors (Lipinski definition) is 6. The van der Waals surface area contributed by atoms with Crippen LogP contribution in [0.15, 0.2) is 48.8 Å². The number of hydrogen-bond acceptors (Lipinski definition) is 8. The van der Waals surface area contributed by atoms with Crippen LogP contribution < -0.4 is 10.6 Å². The predicted octanol–water partition coefficient (Wildman–Crippen LogP) is 0.166. The van der Waals surface area contributed by atoms with E-state index in [0.717, 1.165) is 32.5 Å². The van der Waals surface area contributed by atoms with Crippen molar-refractivity contribution in [2.24, 2.45) is 0 Å². The zero-order valence-electron chi connectivity index (χ0n) is 19.6. The molecule has 1 aromatic heterocycles. The minimum absolute atomic E-state index is 0.0549. The summed E-state index contributed by atoms with van der Waals surface area (Å²) in [6, 6.07) is 3.53. The molecule has 13 heteroatoms. The highest BCUT2D eigenvalue weighted by molar-refractivity contribution is 5.93. The lowest BCUT2D eigenvalue weighted by atomic mass is 10.2. The molecule has 1 heterocycles. The zero-order valence-corrected chi connectivity index (χ0v) is 19.6. The minimum atomic E-state index is -1.26. The van der Waals surface area contributed by atoms with Gasteiger partial charge in [-0.1, -0.05) is 0 Å². The summed E-state index contributed by atoms with van der Waals surface area (Å²) in [5, 5.41) is 37.5. The van der Waals surface area contributed by atoms with Crippen molar-refractivity contribution in [2.75, 3.05) is 40.3 Å². The van der Waals surface area contributed by atoms with Gasteiger partial charge in [0.05, 0.1) is 5.56 Å². The van der Waals surface area contributed by atoms with Crippen LogP contribution in [0, 0.1) is 0 Å². The molecule has 0 aliphatic heterocycles. The van der Waals surface area contributed by atoms with Crippen LogP contribution in [0.3, 0.4) is 0 Å². The topological polar surface area (TPSA) is 206 Å². The van der Waals surface area contributed by atoms with Crippen LogP contribution in [0.4, 0.5) is 0 Å². The molecule has 1 rings (SSSR count). The van der Waals surface area contributed by atoms with E-state index in [2.05, 4.69) is 34.6 Å². The van der Waals surface area contributed by atoms with Crippen LogP contribution in [-0.4, -0.2) is 100 Å². The van der Waals surface area contributed by atoms with Gasteiger partial charge < -0.3 is 36.0 Å². The van der Waals surface area contributed by atoms with E-state index < -0.39 is 23.9 Å². The normalized spacial score (nSPS) is 10.1. The van der Waals surface area contributed by atoms with E-state index in [0.29, 0.717) is 36.4 Å². The van der Waals surface area contributed by atoms with Gasteiger partial charge in [-0.25, -0.2) is 19.2 Å². The molecule has 0 spiro atoms. The maximum Gasteiger partial charge on any atom is 0.328 e. The second-order valence-electron chi connectivity index (χ2n) is 6.78. The second-order valence-corrected chi connectivity index (χ2v) is 6.78. The highest BCUT2D eigenvalue weighted by Gasteiger charge is 2.03. The van der Waals surface area contributed by atoms with E-state index in [4.69, 9.17) is 20.4 Å². The smallest absolute Gasteiger partial charge is 0.328 e. The average molecular weight is 497 g/mol. The van der Waals surface area contributed by atoms with Crippen LogP contribution >= 0.6 is 0 Å². The van der Waals surface area contributed by atoms with Gasteiger partial charge in [0.15, 0.2) is 0 Å². The molecule has 0 aromatic carbocycles. The lowest BCUT2D eigenvalue weighted by molar-refractivity contribution is -0.134. The van der Waals surface area contributed by atoms with Gasteiger partial charge in [0.1, 0.15) is 0 Å². The van der Waals surface area contributed by atoms with Crippen LogP contribution in [0.25, 0.3) is 0 Å². The quantitative estimate of drug-likeness (QED) is 0.160. The predicted molar refractivity (Wildman–Crippen MR) is 126 cm³/mol. The van der Waals surface area contributed by atoms with Crippen molar-refractivity contribution in [3.63, 3.8) is 0 Å². The third-order valence-corrected chi connectivity index (χ3v) is 3.44. The summed E-state index contributed by atoms with van der Waals surface area (Å²) < 4.78 is 0. The van der Waals surface area contributed by atoms with E-state index in [1.165, 1.54) is 0 Å². The number of carboxylic acids is 4. The van der Waals surface area contributed by atoms with Gasteiger partial charge in [-0.05, 0) is 58.7 Å². The molecule has 1 amide bonds. The molecule has 0 bridgehead atoms. The van der Waals surface area contributed by atoms with E-state index in [1.807, 2.05) is 0 Å². The summed E-state index contributed by atoms with van der Waals surface area (Å²) in [6.07, 6.45) is 7.56. The van der Waals surface area contributed by atoms with Crippen LogP contribution in [-0.2, 0) is 19.2 Å². The Morgan fingerprint density at radius 3 is 1.71 bits per heavy atom. The summed E-state index contributed by atoms with van der Waals surface area (Å²) in [4.78, 5) is 56.0. The minimum Gasteiger partial charge on any atom is -0.478 e. The van der Waals surface area contributed by atoms with Crippen LogP contribution in [0.1, 0.15) is 23.2 Å². The Morgan fingerprint density at radius 1 is 0.829 bits per heavy atom. The molecule has 0 atom stereocenters. The van der Waals surface area contributed by atoms with Crippen LogP contribution in [0.2, 0.25) is 0 Å². The number of amides is 1. The molecule has 0 saturated carbocycles. The number of carbonyl (C=O) groups is 5. The van der Waals surface area contributed by atoms with Crippen molar-refractivity contribution in [1.29, 1.82) is 0 Å². The highest BCUT2D eigenvalue weighted by atomic mass is 16.4. The molecular formula is C22H32N4O9. The monoisotopic (exact) mass is 496 g/mol. The first-order valence-electron chi connectivity index (χ1n) is 10.3. The van der Waals surface area contributed by atoms with Gasteiger partial charge in [0.25, 0.3) is 5.91 Å². The number of carbonyl (C=O) groups excluding carboxylic acids is 1. The SMILES string of the molecule is CN(C)CCCNCCCNC(=O)c1cccnc1.O=C(O)/C=C/C(=O)O.O=C(O)/C=C/C(=O)O. The molecule has 0 saturated heterocycles. The standard InChI is InChI=1S/C14H24N4O.2C4H4O4/c1-18(2)11-5-9-15-8-4-10-17-14(19)13-6-3-7-16-12-13;2*5-3(6)1-2-4(7)8/h3,6-7,12,15H,4-5,8-11H2,1-2H3,(H,17,19);2*1-2H,(H,5,6)(H,7,8)/b;2*2-1+. The number of pyridine rings is 1. The van der Waals surface area contributed by atoms with Gasteiger partial charge >= 0.3 is 23.9 Å². The number of aromatic nitrogens is 1. The number of nitrogens with zero attached hydrogens (tertiary/aromatic N) is 2. The fourth-order valence-corrected chi connectivity index (χ4v) is 1.94. The van der Waals surface area contributed by atoms with E-state index in [-0.39, 0.29) is 5.91 Å². The molecule has 6 N–H and O–H groups in total. The number of nitrogens with one attached hydrogen (secondary N) is 2. The maximum absolute atomic E-state index is 11.7. The van der Waals surface area contributed by atoms with E-state index in [9.17, 15) is 24.0 Å². The van der Waals surface area contributed by atoms with E-state index in [1.54, 1.807) is 24.5 Å². The summed E-state index contributed by atoms with van der Waals surface area (Å²) in [7, 11) is 4.15. The lowest BCUT2D eigenvalue weighted by Gasteiger charge is -2.10. The van der Waals surface area contributed by atoms with Gasteiger partial charge in [-0.2, -0.15) is 0 Å². The molecule has 13 nitrogen and oxygen atoms in total. The third-order valence-electron chi connectivity index (χ3n) is 3.44. The van der Waals surface area contributed by atoms with E-state index >= 15 is 0 Å². The first-order chi connectivity index (χ1) is 16.5. The molecule has 0 aliphatic carbocycles. The average Bonchev–Trinajstić information content (AvgIpc) is 2.79. The molecule has 0 radical (unpaired) electrons. The summed E-state index contributed by atoms with van der Waals surface area (Å²) in [6.45, 7) is 3.74. The molecule has 194 valence electrons. The fourth-order valence-electron chi connectivity index (χ4n) is 1.94. The third kappa shape index (κ3) is 27.9. The summed E-state index contributed by atoms with van der Waals surface area (Å²) in [5.74, 6) is -5.08. The van der Waals surface area contributed by atoms with Crippen molar-refractivity contribution >= 4 is 29.8 Å². The molecule has 35 heavy (non-hydrogen) atoms. The van der Waals surface area contributed by atoms with Crippen molar-refractivity contribution in [3.05, 3.63) is 54.4 Å². The Kier molecular flexibility index (Phi) is 20.5. The van der Waals surface area contributed by atoms with Crippen molar-refractivity contribution < 1.29 is 44.4 Å². The number of aliphatic carboxylic acids is 4. The second kappa shape index (κ2) is 21.7. The van der Waals surface area contributed by atoms with Crippen LogP contribution in [0.5, 0.6) is 0 Å². The van der Waals surface area contributed by atoms with Gasteiger partial charge in [-0.15, -0.1) is 0 Å².